The predicted octanol–water partition coefficient (Wildman–Crippen LogP) is 3.24. The average Bonchev–Trinajstić information content (AvgIpc) is 2.38. The molecule has 0 spiro atoms. The number of hydrogen-bond donors (Lipinski definition) is 1. The van der Waals surface area contributed by atoms with Crippen molar-refractivity contribution in [3.8, 4) is 0 Å². The standard InChI is InChI=1S/C15H24N2O/c1-5-17(6-2)15(18)13-7-9-14(10-8-13)16-11-12(3)4/h7-10,12,16H,5-6,11H2,1-4H3. The molecule has 1 aromatic rings. The third-order valence-electron chi connectivity index (χ3n) is 2.90. The van der Waals surface area contributed by atoms with Crippen LogP contribution in [0.15, 0.2) is 24.3 Å². The number of amides is 1. The summed E-state index contributed by atoms with van der Waals surface area (Å²) in [7, 11) is 0. The maximum absolute atomic E-state index is 12.1. The largest absolute Gasteiger partial charge is 0.385 e. The molecule has 0 fully saturated rings. The summed E-state index contributed by atoms with van der Waals surface area (Å²) in [6, 6.07) is 7.73. The number of anilines is 1. The highest BCUT2D eigenvalue weighted by atomic mass is 16.2. The van der Waals surface area contributed by atoms with E-state index in [-0.39, 0.29) is 5.91 Å². The molecule has 3 heteroatoms. The van der Waals surface area contributed by atoms with Crippen molar-refractivity contribution in [2.75, 3.05) is 25.0 Å². The van der Waals surface area contributed by atoms with Gasteiger partial charge in [0.15, 0.2) is 0 Å². The highest BCUT2D eigenvalue weighted by molar-refractivity contribution is 5.94. The minimum atomic E-state index is 0.107. The number of rotatable bonds is 6. The average molecular weight is 248 g/mol. The molecule has 1 aromatic carbocycles. The Hall–Kier alpha value is -1.51. The van der Waals surface area contributed by atoms with Crippen LogP contribution in [0.25, 0.3) is 0 Å². The van der Waals surface area contributed by atoms with Crippen molar-refractivity contribution in [3.05, 3.63) is 29.8 Å². The van der Waals surface area contributed by atoms with Crippen molar-refractivity contribution in [1.82, 2.24) is 4.90 Å². The molecule has 1 N–H and O–H groups in total. The van der Waals surface area contributed by atoms with Crippen LogP contribution in [0, 0.1) is 5.92 Å². The minimum Gasteiger partial charge on any atom is -0.385 e. The van der Waals surface area contributed by atoms with Crippen molar-refractivity contribution in [2.24, 2.45) is 5.92 Å². The highest BCUT2D eigenvalue weighted by Crippen LogP contribution is 2.12. The monoisotopic (exact) mass is 248 g/mol. The van der Waals surface area contributed by atoms with Crippen LogP contribution >= 0.6 is 0 Å². The molecule has 0 radical (unpaired) electrons. The quantitative estimate of drug-likeness (QED) is 0.838. The van der Waals surface area contributed by atoms with E-state index >= 15 is 0 Å². The number of nitrogens with one attached hydrogen (secondary N) is 1. The second-order valence-corrected chi connectivity index (χ2v) is 4.83. The Balaban J connectivity index is 2.67. The summed E-state index contributed by atoms with van der Waals surface area (Å²) in [6.07, 6.45) is 0. The van der Waals surface area contributed by atoms with E-state index in [0.29, 0.717) is 5.92 Å². The van der Waals surface area contributed by atoms with Gasteiger partial charge < -0.3 is 10.2 Å². The molecule has 0 heterocycles. The molecule has 0 aliphatic rings. The molecule has 3 nitrogen and oxygen atoms in total. The molecule has 0 aliphatic carbocycles. The van der Waals surface area contributed by atoms with Crippen molar-refractivity contribution in [3.63, 3.8) is 0 Å². The summed E-state index contributed by atoms with van der Waals surface area (Å²) >= 11 is 0. The van der Waals surface area contributed by atoms with Gasteiger partial charge in [-0.2, -0.15) is 0 Å². The summed E-state index contributed by atoms with van der Waals surface area (Å²) in [5, 5.41) is 3.34. The Bertz CT molecular complexity index is 367. The van der Waals surface area contributed by atoms with E-state index in [9.17, 15) is 4.79 Å². The van der Waals surface area contributed by atoms with Crippen LogP contribution in [0.1, 0.15) is 38.1 Å². The van der Waals surface area contributed by atoms with Crippen LogP contribution in [-0.4, -0.2) is 30.4 Å². The van der Waals surface area contributed by atoms with Gasteiger partial charge in [-0.1, -0.05) is 13.8 Å². The van der Waals surface area contributed by atoms with Gasteiger partial charge in [0.1, 0.15) is 0 Å². The number of nitrogens with zero attached hydrogens (tertiary/aromatic N) is 1. The first-order chi connectivity index (χ1) is 8.58. The molecule has 0 aliphatic heterocycles. The smallest absolute Gasteiger partial charge is 0.253 e. The fourth-order valence-corrected chi connectivity index (χ4v) is 1.75. The van der Waals surface area contributed by atoms with Gasteiger partial charge in [-0.3, -0.25) is 4.79 Å². The van der Waals surface area contributed by atoms with Gasteiger partial charge in [-0.25, -0.2) is 0 Å². The molecular weight excluding hydrogens is 224 g/mol. The lowest BCUT2D eigenvalue weighted by Crippen LogP contribution is -2.30. The SMILES string of the molecule is CCN(CC)C(=O)c1ccc(NCC(C)C)cc1. The van der Waals surface area contributed by atoms with Crippen molar-refractivity contribution >= 4 is 11.6 Å². The summed E-state index contributed by atoms with van der Waals surface area (Å²) in [5.41, 5.74) is 1.83. The van der Waals surface area contributed by atoms with E-state index in [1.165, 1.54) is 0 Å². The molecule has 100 valence electrons. The number of carbonyl (C=O) groups excluding carboxylic acids is 1. The molecule has 0 saturated carbocycles. The van der Waals surface area contributed by atoms with Crippen LogP contribution in [0.4, 0.5) is 5.69 Å². The van der Waals surface area contributed by atoms with E-state index in [4.69, 9.17) is 0 Å². The number of carbonyl (C=O) groups is 1. The lowest BCUT2D eigenvalue weighted by molar-refractivity contribution is 0.0773. The van der Waals surface area contributed by atoms with Crippen LogP contribution in [0.2, 0.25) is 0 Å². The van der Waals surface area contributed by atoms with Crippen LogP contribution in [0.5, 0.6) is 0 Å². The summed E-state index contributed by atoms with van der Waals surface area (Å²) in [5.74, 6) is 0.720. The number of hydrogen-bond acceptors (Lipinski definition) is 2. The van der Waals surface area contributed by atoms with Crippen molar-refractivity contribution in [2.45, 2.75) is 27.7 Å². The topological polar surface area (TPSA) is 32.3 Å². The summed E-state index contributed by atoms with van der Waals surface area (Å²) in [6.45, 7) is 10.8. The minimum absolute atomic E-state index is 0.107. The predicted molar refractivity (Wildman–Crippen MR) is 77.0 cm³/mol. The first kappa shape index (κ1) is 14.6. The van der Waals surface area contributed by atoms with E-state index in [1.54, 1.807) is 0 Å². The van der Waals surface area contributed by atoms with Crippen molar-refractivity contribution < 1.29 is 4.79 Å². The molecule has 0 unspecified atom stereocenters. The van der Waals surface area contributed by atoms with Gasteiger partial charge in [0, 0.05) is 30.9 Å². The lowest BCUT2D eigenvalue weighted by atomic mass is 10.1. The molecule has 18 heavy (non-hydrogen) atoms. The normalized spacial score (nSPS) is 10.5. The molecule has 1 amide bonds. The lowest BCUT2D eigenvalue weighted by Gasteiger charge is -2.18. The molecule has 0 saturated heterocycles. The summed E-state index contributed by atoms with van der Waals surface area (Å²) in [4.78, 5) is 13.9. The van der Waals surface area contributed by atoms with Crippen LogP contribution in [-0.2, 0) is 0 Å². The Morgan fingerprint density at radius 2 is 1.72 bits per heavy atom. The molecular formula is C15H24N2O. The Labute approximate surface area is 110 Å². The van der Waals surface area contributed by atoms with Gasteiger partial charge in [0.05, 0.1) is 0 Å². The zero-order chi connectivity index (χ0) is 13.5. The van der Waals surface area contributed by atoms with Crippen LogP contribution in [0.3, 0.4) is 0 Å². The Morgan fingerprint density at radius 3 is 2.17 bits per heavy atom. The highest BCUT2D eigenvalue weighted by Gasteiger charge is 2.11. The van der Waals surface area contributed by atoms with E-state index in [1.807, 2.05) is 43.0 Å². The molecule has 1 rings (SSSR count). The second-order valence-electron chi connectivity index (χ2n) is 4.83. The van der Waals surface area contributed by atoms with Gasteiger partial charge in [0.25, 0.3) is 5.91 Å². The third-order valence-corrected chi connectivity index (χ3v) is 2.90. The van der Waals surface area contributed by atoms with Gasteiger partial charge >= 0.3 is 0 Å². The zero-order valence-electron chi connectivity index (χ0n) is 11.9. The van der Waals surface area contributed by atoms with Crippen molar-refractivity contribution in [1.29, 1.82) is 0 Å². The van der Waals surface area contributed by atoms with Gasteiger partial charge in [0.2, 0.25) is 0 Å². The third kappa shape index (κ3) is 4.06. The molecule has 0 atom stereocenters. The Morgan fingerprint density at radius 1 is 1.17 bits per heavy atom. The number of benzene rings is 1. The Kier molecular flexibility index (Phi) is 5.69. The van der Waals surface area contributed by atoms with Crippen LogP contribution < -0.4 is 5.32 Å². The first-order valence-electron chi connectivity index (χ1n) is 6.71. The maximum atomic E-state index is 12.1. The molecule has 0 bridgehead atoms. The first-order valence-corrected chi connectivity index (χ1v) is 6.71. The van der Waals surface area contributed by atoms with E-state index in [0.717, 1.165) is 30.9 Å². The summed E-state index contributed by atoms with van der Waals surface area (Å²) < 4.78 is 0. The van der Waals surface area contributed by atoms with E-state index in [2.05, 4.69) is 19.2 Å². The molecule has 0 aromatic heterocycles. The van der Waals surface area contributed by atoms with Gasteiger partial charge in [-0.05, 0) is 44.0 Å². The zero-order valence-corrected chi connectivity index (χ0v) is 11.9. The second kappa shape index (κ2) is 7.04. The van der Waals surface area contributed by atoms with Gasteiger partial charge in [-0.15, -0.1) is 0 Å². The maximum Gasteiger partial charge on any atom is 0.253 e. The van der Waals surface area contributed by atoms with E-state index < -0.39 is 0 Å². The fraction of sp³-hybridized carbons (Fsp3) is 0.533. The fourth-order valence-electron chi connectivity index (χ4n) is 1.75.